The Kier molecular flexibility index (Phi) is 3.94. The van der Waals surface area contributed by atoms with Crippen LogP contribution in [0.3, 0.4) is 0 Å². The van der Waals surface area contributed by atoms with E-state index in [0.29, 0.717) is 18.5 Å². The van der Waals surface area contributed by atoms with E-state index in [1.807, 2.05) is 0 Å². The molecular weight excluding hydrogens is 249 g/mol. The number of likely N-dealkylation sites (tertiary alicyclic amines) is 1. The molecule has 1 heterocycles. The van der Waals surface area contributed by atoms with Gasteiger partial charge in [-0.1, -0.05) is 18.2 Å². The molecule has 2 rings (SSSR count). The molecule has 1 saturated heterocycles. The van der Waals surface area contributed by atoms with Gasteiger partial charge in [-0.25, -0.2) is 4.39 Å². The molecule has 5 heteroatoms. The first-order valence-electron chi connectivity index (χ1n) is 6.02. The van der Waals surface area contributed by atoms with Gasteiger partial charge in [0.2, 0.25) is 5.91 Å². The van der Waals surface area contributed by atoms with Gasteiger partial charge in [0.05, 0.1) is 5.92 Å². The molecule has 1 aromatic carbocycles. The molecule has 1 aromatic rings. The SMILES string of the molecule is O=C(O)C1CCN(C(=O)C=Cc2ccccc2F)C1. The van der Waals surface area contributed by atoms with Crippen LogP contribution in [-0.4, -0.2) is 35.0 Å². The van der Waals surface area contributed by atoms with Crippen molar-refractivity contribution in [3.05, 3.63) is 41.7 Å². The molecule has 0 spiro atoms. The Labute approximate surface area is 110 Å². The van der Waals surface area contributed by atoms with Crippen LogP contribution >= 0.6 is 0 Å². The zero-order valence-electron chi connectivity index (χ0n) is 10.3. The maximum Gasteiger partial charge on any atom is 0.308 e. The highest BCUT2D eigenvalue weighted by molar-refractivity contribution is 5.92. The number of carbonyl (C=O) groups excluding carboxylic acids is 1. The Morgan fingerprint density at radius 3 is 2.74 bits per heavy atom. The summed E-state index contributed by atoms with van der Waals surface area (Å²) in [5.41, 5.74) is 0.338. The van der Waals surface area contributed by atoms with Gasteiger partial charge in [0, 0.05) is 24.7 Å². The third-order valence-corrected chi connectivity index (χ3v) is 3.16. The van der Waals surface area contributed by atoms with Crippen molar-refractivity contribution in [1.29, 1.82) is 0 Å². The molecule has 1 unspecified atom stereocenters. The van der Waals surface area contributed by atoms with Crippen molar-refractivity contribution in [3.8, 4) is 0 Å². The van der Waals surface area contributed by atoms with Crippen molar-refractivity contribution in [1.82, 2.24) is 4.90 Å². The summed E-state index contributed by atoms with van der Waals surface area (Å²) >= 11 is 0. The van der Waals surface area contributed by atoms with E-state index in [4.69, 9.17) is 5.11 Å². The predicted octanol–water partition coefficient (Wildman–Crippen LogP) is 1.77. The fourth-order valence-corrected chi connectivity index (χ4v) is 2.04. The van der Waals surface area contributed by atoms with Gasteiger partial charge in [0.25, 0.3) is 0 Å². The molecular formula is C14H14FNO3. The van der Waals surface area contributed by atoms with Crippen LogP contribution in [0.25, 0.3) is 6.08 Å². The van der Waals surface area contributed by atoms with Gasteiger partial charge in [0.15, 0.2) is 0 Å². The highest BCUT2D eigenvalue weighted by atomic mass is 19.1. The fraction of sp³-hybridized carbons (Fsp3) is 0.286. The number of halogens is 1. The first kappa shape index (κ1) is 13.3. The summed E-state index contributed by atoms with van der Waals surface area (Å²) in [6.45, 7) is 0.646. The highest BCUT2D eigenvalue weighted by Gasteiger charge is 2.29. The van der Waals surface area contributed by atoms with E-state index in [9.17, 15) is 14.0 Å². The Balaban J connectivity index is 1.99. The number of carboxylic acids is 1. The molecule has 4 nitrogen and oxygen atoms in total. The van der Waals surface area contributed by atoms with E-state index in [1.165, 1.54) is 23.1 Å². The minimum atomic E-state index is -0.881. The van der Waals surface area contributed by atoms with Crippen molar-refractivity contribution in [2.24, 2.45) is 5.92 Å². The Hall–Kier alpha value is -2.17. The Bertz CT molecular complexity index is 527. The third kappa shape index (κ3) is 3.19. The topological polar surface area (TPSA) is 57.6 Å². The Morgan fingerprint density at radius 1 is 1.37 bits per heavy atom. The second-order valence-corrected chi connectivity index (χ2v) is 4.46. The highest BCUT2D eigenvalue weighted by Crippen LogP contribution is 2.17. The molecule has 0 aromatic heterocycles. The Morgan fingerprint density at radius 2 is 2.11 bits per heavy atom. The fourth-order valence-electron chi connectivity index (χ4n) is 2.04. The molecule has 1 atom stereocenters. The van der Waals surface area contributed by atoms with Crippen molar-refractivity contribution in [3.63, 3.8) is 0 Å². The number of nitrogens with zero attached hydrogens (tertiary/aromatic N) is 1. The summed E-state index contributed by atoms with van der Waals surface area (Å²) in [6, 6.07) is 6.15. The smallest absolute Gasteiger partial charge is 0.308 e. The molecule has 0 saturated carbocycles. The summed E-state index contributed by atoms with van der Waals surface area (Å²) in [5.74, 6) is -2.05. The zero-order valence-corrected chi connectivity index (χ0v) is 10.3. The second kappa shape index (κ2) is 5.65. The van der Waals surface area contributed by atoms with Gasteiger partial charge in [-0.15, -0.1) is 0 Å². The van der Waals surface area contributed by atoms with Crippen LogP contribution in [0.4, 0.5) is 4.39 Å². The molecule has 1 aliphatic rings. The van der Waals surface area contributed by atoms with Crippen LogP contribution in [-0.2, 0) is 9.59 Å². The van der Waals surface area contributed by atoms with E-state index >= 15 is 0 Å². The summed E-state index contributed by atoms with van der Waals surface area (Å²) in [5, 5.41) is 8.85. The van der Waals surface area contributed by atoms with E-state index in [1.54, 1.807) is 18.2 Å². The number of benzene rings is 1. The van der Waals surface area contributed by atoms with Gasteiger partial charge < -0.3 is 10.0 Å². The molecule has 0 radical (unpaired) electrons. The molecule has 1 fully saturated rings. The predicted molar refractivity (Wildman–Crippen MR) is 67.8 cm³/mol. The molecule has 1 aliphatic heterocycles. The van der Waals surface area contributed by atoms with Crippen LogP contribution in [0.15, 0.2) is 30.3 Å². The van der Waals surface area contributed by atoms with Gasteiger partial charge in [-0.2, -0.15) is 0 Å². The summed E-state index contributed by atoms with van der Waals surface area (Å²) in [7, 11) is 0. The maximum absolute atomic E-state index is 13.3. The summed E-state index contributed by atoms with van der Waals surface area (Å²) < 4.78 is 13.3. The maximum atomic E-state index is 13.3. The van der Waals surface area contributed by atoms with Crippen molar-refractivity contribution < 1.29 is 19.1 Å². The number of carbonyl (C=O) groups is 2. The molecule has 0 bridgehead atoms. The van der Waals surface area contributed by atoms with E-state index in [0.717, 1.165) is 0 Å². The summed E-state index contributed by atoms with van der Waals surface area (Å²) in [6.07, 6.45) is 3.16. The molecule has 19 heavy (non-hydrogen) atoms. The van der Waals surface area contributed by atoms with Gasteiger partial charge in [0.1, 0.15) is 5.82 Å². The number of hydrogen-bond acceptors (Lipinski definition) is 2. The van der Waals surface area contributed by atoms with E-state index in [-0.39, 0.29) is 12.5 Å². The van der Waals surface area contributed by atoms with Crippen LogP contribution < -0.4 is 0 Å². The van der Waals surface area contributed by atoms with Crippen LogP contribution in [0.1, 0.15) is 12.0 Å². The molecule has 1 amide bonds. The van der Waals surface area contributed by atoms with E-state index in [2.05, 4.69) is 0 Å². The normalized spacial score (nSPS) is 19.0. The number of amides is 1. The molecule has 1 N–H and O–H groups in total. The number of rotatable bonds is 3. The van der Waals surface area contributed by atoms with Crippen LogP contribution in [0.5, 0.6) is 0 Å². The minimum Gasteiger partial charge on any atom is -0.481 e. The molecule has 100 valence electrons. The van der Waals surface area contributed by atoms with Crippen molar-refractivity contribution >= 4 is 18.0 Å². The monoisotopic (exact) mass is 263 g/mol. The molecule has 0 aliphatic carbocycles. The third-order valence-electron chi connectivity index (χ3n) is 3.16. The van der Waals surface area contributed by atoms with Crippen molar-refractivity contribution in [2.45, 2.75) is 6.42 Å². The number of hydrogen-bond donors (Lipinski definition) is 1. The first-order valence-corrected chi connectivity index (χ1v) is 6.02. The second-order valence-electron chi connectivity index (χ2n) is 4.46. The quantitative estimate of drug-likeness (QED) is 0.845. The van der Waals surface area contributed by atoms with Gasteiger partial charge >= 0.3 is 5.97 Å². The number of carboxylic acid groups (broad SMARTS) is 1. The minimum absolute atomic E-state index is 0.218. The van der Waals surface area contributed by atoms with Crippen LogP contribution in [0, 0.1) is 11.7 Å². The average molecular weight is 263 g/mol. The average Bonchev–Trinajstić information content (AvgIpc) is 2.87. The lowest BCUT2D eigenvalue weighted by Gasteiger charge is -2.12. The lowest BCUT2D eigenvalue weighted by Crippen LogP contribution is -2.28. The lowest BCUT2D eigenvalue weighted by atomic mass is 10.1. The zero-order chi connectivity index (χ0) is 13.8. The standard InChI is InChI=1S/C14H14FNO3/c15-12-4-2-1-3-10(12)5-6-13(17)16-8-7-11(9-16)14(18)19/h1-6,11H,7-9H2,(H,18,19). The number of aliphatic carboxylic acids is 1. The van der Waals surface area contributed by atoms with Gasteiger partial charge in [-0.3, -0.25) is 9.59 Å². The largest absolute Gasteiger partial charge is 0.481 e. The summed E-state index contributed by atoms with van der Waals surface area (Å²) in [4.78, 5) is 24.1. The van der Waals surface area contributed by atoms with Gasteiger partial charge in [-0.05, 0) is 18.6 Å². The first-order chi connectivity index (χ1) is 9.08. The lowest BCUT2D eigenvalue weighted by molar-refractivity contribution is -0.141. The van der Waals surface area contributed by atoms with Crippen molar-refractivity contribution in [2.75, 3.05) is 13.1 Å². The van der Waals surface area contributed by atoms with Crippen LogP contribution in [0.2, 0.25) is 0 Å². The van der Waals surface area contributed by atoms with E-state index < -0.39 is 17.7 Å².